The molecule has 0 aromatic heterocycles. The third-order valence-electron chi connectivity index (χ3n) is 1.75. The van der Waals surface area contributed by atoms with Crippen LogP contribution in [0.15, 0.2) is 18.2 Å². The lowest BCUT2D eigenvalue weighted by atomic mass is 10.1. The predicted octanol–water partition coefficient (Wildman–Crippen LogP) is 2.06. The number of phenols is 1. The Labute approximate surface area is 103 Å². The fourth-order valence-corrected chi connectivity index (χ4v) is 2.04. The van der Waals surface area contributed by atoms with E-state index in [9.17, 15) is 5.11 Å². The maximum atomic E-state index is 9.55. The van der Waals surface area contributed by atoms with E-state index in [1.54, 1.807) is 19.2 Å². The van der Waals surface area contributed by atoms with E-state index >= 15 is 0 Å². The van der Waals surface area contributed by atoms with E-state index < -0.39 is 0 Å². The Bertz CT molecular complexity index is 276. The Morgan fingerprint density at radius 1 is 1.57 bits per heavy atom. The van der Waals surface area contributed by atoms with Gasteiger partial charge in [0.1, 0.15) is 5.75 Å². The van der Waals surface area contributed by atoms with Crippen molar-refractivity contribution in [3.8, 4) is 5.75 Å². The largest absolute Gasteiger partial charge is 0.508 e. The molecule has 0 saturated carbocycles. The molecular weight excluding hydrogens is 316 g/mol. The Kier molecular flexibility index (Phi) is 6.43. The molecule has 0 heterocycles. The molecule has 3 nitrogen and oxygen atoms in total. The Morgan fingerprint density at radius 3 is 2.71 bits per heavy atom. The molecule has 3 N–H and O–H groups in total. The minimum atomic E-state index is -0.266. The van der Waals surface area contributed by atoms with Crippen LogP contribution in [0.4, 0.5) is 0 Å². The van der Waals surface area contributed by atoms with Crippen molar-refractivity contribution in [3.63, 3.8) is 0 Å². The van der Waals surface area contributed by atoms with Crippen molar-refractivity contribution in [1.29, 1.82) is 0 Å². The Hall–Kier alpha value is -0.0400. The van der Waals surface area contributed by atoms with Crippen LogP contribution in [0.2, 0.25) is 0 Å². The molecule has 80 valence electrons. The number of phenolic OH excluding ortho intramolecular Hbond substituents is 1. The first kappa shape index (κ1) is 14.0. The van der Waals surface area contributed by atoms with Gasteiger partial charge < -0.3 is 15.6 Å². The highest BCUT2D eigenvalue weighted by molar-refractivity contribution is 14.1. The summed E-state index contributed by atoms with van der Waals surface area (Å²) in [7, 11) is 1.59. The molecule has 14 heavy (non-hydrogen) atoms. The monoisotopic (exact) mass is 329 g/mol. The molecule has 1 aromatic carbocycles. The van der Waals surface area contributed by atoms with Crippen molar-refractivity contribution in [1.82, 2.24) is 0 Å². The van der Waals surface area contributed by atoms with E-state index in [0.717, 1.165) is 9.13 Å². The van der Waals surface area contributed by atoms with E-state index in [1.165, 1.54) is 0 Å². The first-order chi connectivity index (χ1) is 6.16. The van der Waals surface area contributed by atoms with E-state index in [4.69, 9.17) is 10.5 Å². The van der Waals surface area contributed by atoms with Gasteiger partial charge >= 0.3 is 0 Å². The lowest BCUT2D eigenvalue weighted by Crippen LogP contribution is -2.17. The summed E-state index contributed by atoms with van der Waals surface area (Å²) in [5.74, 6) is 0.233. The Balaban J connectivity index is 0.00000169. The van der Waals surface area contributed by atoms with Crippen molar-refractivity contribution >= 4 is 35.0 Å². The second-order valence-electron chi connectivity index (χ2n) is 2.73. The summed E-state index contributed by atoms with van der Waals surface area (Å²) < 4.78 is 5.89. The topological polar surface area (TPSA) is 55.5 Å². The molecule has 1 aromatic rings. The number of nitrogens with two attached hydrogens (primary N) is 1. The Morgan fingerprint density at radius 2 is 2.21 bits per heavy atom. The summed E-state index contributed by atoms with van der Waals surface area (Å²) >= 11 is 2.15. The van der Waals surface area contributed by atoms with E-state index in [-0.39, 0.29) is 24.2 Å². The normalized spacial score (nSPS) is 11.9. The summed E-state index contributed by atoms with van der Waals surface area (Å²) in [6, 6.07) is 5.07. The molecule has 0 aliphatic heterocycles. The second kappa shape index (κ2) is 6.44. The van der Waals surface area contributed by atoms with Crippen molar-refractivity contribution < 1.29 is 9.84 Å². The molecule has 5 heteroatoms. The zero-order valence-corrected chi connectivity index (χ0v) is 10.7. The highest BCUT2D eigenvalue weighted by atomic mass is 127. The number of aromatic hydroxyl groups is 1. The van der Waals surface area contributed by atoms with Crippen LogP contribution in [0.5, 0.6) is 5.75 Å². The van der Waals surface area contributed by atoms with Crippen molar-refractivity contribution in [2.45, 2.75) is 6.04 Å². The fourth-order valence-electron chi connectivity index (χ4n) is 1.16. The van der Waals surface area contributed by atoms with Gasteiger partial charge in [-0.3, -0.25) is 0 Å². The van der Waals surface area contributed by atoms with Gasteiger partial charge in [-0.2, -0.15) is 0 Å². The fraction of sp³-hybridized carbons (Fsp3) is 0.333. The number of ether oxygens (including phenoxy) is 1. The third kappa shape index (κ3) is 3.27. The van der Waals surface area contributed by atoms with Crippen molar-refractivity contribution in [2.24, 2.45) is 5.73 Å². The van der Waals surface area contributed by atoms with Gasteiger partial charge in [0.25, 0.3) is 0 Å². The van der Waals surface area contributed by atoms with Crippen molar-refractivity contribution in [2.75, 3.05) is 13.7 Å². The highest BCUT2D eigenvalue weighted by Gasteiger charge is 2.13. The SMILES string of the molecule is COC[C@H](N)c1c(O)cccc1I.Cl. The number of hydrogen-bond acceptors (Lipinski definition) is 3. The van der Waals surface area contributed by atoms with Gasteiger partial charge in [-0.15, -0.1) is 12.4 Å². The molecule has 0 aliphatic carbocycles. The van der Waals surface area contributed by atoms with Gasteiger partial charge in [-0.1, -0.05) is 6.07 Å². The molecule has 0 bridgehead atoms. The molecule has 0 unspecified atom stereocenters. The maximum absolute atomic E-state index is 9.55. The van der Waals surface area contributed by atoms with Gasteiger partial charge in [0.15, 0.2) is 0 Å². The van der Waals surface area contributed by atoms with Gasteiger partial charge in [0.05, 0.1) is 12.6 Å². The van der Waals surface area contributed by atoms with Crippen molar-refractivity contribution in [3.05, 3.63) is 27.3 Å². The van der Waals surface area contributed by atoms with Crippen LogP contribution in [-0.2, 0) is 4.74 Å². The number of hydrogen-bond donors (Lipinski definition) is 2. The van der Waals surface area contributed by atoms with Crippen LogP contribution in [0.3, 0.4) is 0 Å². The molecule has 0 saturated heterocycles. The summed E-state index contributed by atoms with van der Waals surface area (Å²) in [5.41, 5.74) is 6.57. The van der Waals surface area contributed by atoms with Crippen LogP contribution in [0.25, 0.3) is 0 Å². The standard InChI is InChI=1S/C9H12INO2.ClH/c1-13-5-7(11)9-6(10)3-2-4-8(9)12;/h2-4,7,12H,5,11H2,1H3;1H/t7-;/m0./s1. The zero-order valence-electron chi connectivity index (χ0n) is 7.74. The first-order valence-electron chi connectivity index (χ1n) is 3.88. The average molecular weight is 330 g/mol. The minimum Gasteiger partial charge on any atom is -0.508 e. The molecular formula is C9H13ClINO2. The minimum absolute atomic E-state index is 0. The number of methoxy groups -OCH3 is 1. The summed E-state index contributed by atoms with van der Waals surface area (Å²) in [4.78, 5) is 0. The summed E-state index contributed by atoms with van der Waals surface area (Å²) in [6.07, 6.45) is 0. The summed E-state index contributed by atoms with van der Waals surface area (Å²) in [6.45, 7) is 0.410. The van der Waals surface area contributed by atoms with Crippen LogP contribution >= 0.6 is 35.0 Å². The van der Waals surface area contributed by atoms with Crippen LogP contribution < -0.4 is 5.73 Å². The van der Waals surface area contributed by atoms with E-state index in [1.807, 2.05) is 6.07 Å². The molecule has 1 atom stereocenters. The second-order valence-corrected chi connectivity index (χ2v) is 3.90. The molecule has 0 amide bonds. The maximum Gasteiger partial charge on any atom is 0.121 e. The molecule has 0 aliphatic rings. The molecule has 0 fully saturated rings. The van der Waals surface area contributed by atoms with E-state index in [0.29, 0.717) is 6.61 Å². The molecule has 0 spiro atoms. The van der Waals surface area contributed by atoms with Gasteiger partial charge in [0.2, 0.25) is 0 Å². The molecule has 1 rings (SSSR count). The highest BCUT2D eigenvalue weighted by Crippen LogP contribution is 2.27. The number of benzene rings is 1. The van der Waals surface area contributed by atoms with Crippen LogP contribution in [-0.4, -0.2) is 18.8 Å². The van der Waals surface area contributed by atoms with Gasteiger partial charge in [-0.25, -0.2) is 0 Å². The average Bonchev–Trinajstić information content (AvgIpc) is 2.04. The zero-order chi connectivity index (χ0) is 9.84. The predicted molar refractivity (Wildman–Crippen MR) is 66.9 cm³/mol. The number of halogens is 2. The quantitative estimate of drug-likeness (QED) is 0.835. The first-order valence-corrected chi connectivity index (χ1v) is 4.96. The third-order valence-corrected chi connectivity index (χ3v) is 2.69. The summed E-state index contributed by atoms with van der Waals surface area (Å²) in [5, 5.41) is 9.55. The smallest absolute Gasteiger partial charge is 0.121 e. The molecule has 0 radical (unpaired) electrons. The number of rotatable bonds is 3. The van der Waals surface area contributed by atoms with Gasteiger partial charge in [0, 0.05) is 16.2 Å². The lowest BCUT2D eigenvalue weighted by Gasteiger charge is -2.14. The van der Waals surface area contributed by atoms with Crippen LogP contribution in [0.1, 0.15) is 11.6 Å². The van der Waals surface area contributed by atoms with E-state index in [2.05, 4.69) is 22.6 Å². The van der Waals surface area contributed by atoms with Crippen LogP contribution in [0, 0.1) is 3.57 Å². The van der Waals surface area contributed by atoms with Gasteiger partial charge in [-0.05, 0) is 34.7 Å². The lowest BCUT2D eigenvalue weighted by molar-refractivity contribution is 0.179.